The minimum Gasteiger partial charge on any atom is -0.477 e. The van der Waals surface area contributed by atoms with Crippen LogP contribution in [0.3, 0.4) is 0 Å². The summed E-state index contributed by atoms with van der Waals surface area (Å²) in [4.78, 5) is 2.99. The zero-order valence-corrected chi connectivity index (χ0v) is 18.3. The summed E-state index contributed by atoms with van der Waals surface area (Å²) in [5.41, 5.74) is 1.15. The van der Waals surface area contributed by atoms with E-state index in [9.17, 15) is 0 Å². The second-order valence-electron chi connectivity index (χ2n) is 3.00. The van der Waals surface area contributed by atoms with Gasteiger partial charge in [0.05, 0.1) is 0 Å². The standard InChI is InChI=1S/C8H6N.C5H5.6CH3.2ClH.Ti/c1-2-4-8-7(3-1)5-6-9-8;1-2-4-5-3-1;;;;;;;;;/h1-5,9H;1-3H,4H2;6*1H3;2*1H;/q8*-1;;;. The van der Waals surface area contributed by atoms with Crippen LogP contribution in [0.2, 0.25) is 0 Å². The monoisotopic (exact) mass is 391 g/mol. The summed E-state index contributed by atoms with van der Waals surface area (Å²) in [5, 5.41) is 1.22. The van der Waals surface area contributed by atoms with Crippen LogP contribution in [-0.2, 0) is 21.7 Å². The Morgan fingerprint density at radius 1 is 0.870 bits per heavy atom. The first kappa shape index (κ1) is 49.5. The van der Waals surface area contributed by atoms with Gasteiger partial charge in [-0.05, 0) is 0 Å². The van der Waals surface area contributed by atoms with Crippen molar-refractivity contribution in [3.05, 3.63) is 105 Å². The van der Waals surface area contributed by atoms with Gasteiger partial charge in [0.25, 0.3) is 0 Å². The molecule has 0 atom stereocenters. The molecule has 0 saturated carbocycles. The molecule has 1 aliphatic carbocycles. The molecule has 1 heterocycles. The van der Waals surface area contributed by atoms with Gasteiger partial charge in [-0.25, -0.2) is 12.2 Å². The number of fused-ring (bicyclic) bond motifs is 1. The van der Waals surface area contributed by atoms with Crippen LogP contribution < -0.4 is 0 Å². The van der Waals surface area contributed by atoms with Crippen molar-refractivity contribution in [3.8, 4) is 0 Å². The summed E-state index contributed by atoms with van der Waals surface area (Å²) in [6.07, 6.45) is 12.9. The molecule has 1 aliphatic rings. The third-order valence-corrected chi connectivity index (χ3v) is 1.98. The van der Waals surface area contributed by atoms with Gasteiger partial charge in [-0.15, -0.1) is 55.1 Å². The van der Waals surface area contributed by atoms with Crippen molar-refractivity contribution in [2.75, 3.05) is 0 Å². The smallest absolute Gasteiger partial charge is 0 e. The average Bonchev–Trinajstić information content (AvgIpc) is 2.92. The Morgan fingerprint density at radius 3 is 1.83 bits per heavy atom. The van der Waals surface area contributed by atoms with Crippen LogP contribution in [-0.4, -0.2) is 4.98 Å². The molecule has 1 aromatic heterocycles. The molecular formula is C19H31Cl2NTi-8. The quantitative estimate of drug-likeness (QED) is 0.374. The molecule has 1 nitrogen and oxygen atoms in total. The second kappa shape index (κ2) is 29.5. The first-order chi connectivity index (χ1) is 6.97. The number of allylic oxidation sites excluding steroid dienone is 4. The minimum absolute atomic E-state index is 0. The number of hydrogen-bond donors (Lipinski definition) is 1. The van der Waals surface area contributed by atoms with Gasteiger partial charge in [0, 0.05) is 21.7 Å². The molecule has 3 rings (SSSR count). The van der Waals surface area contributed by atoms with Crippen LogP contribution in [0, 0.1) is 56.8 Å². The molecule has 4 heteroatoms. The SMILES string of the molecule is Cl.Cl.[C-]1=CC=CC1.[CH3-].[CH3-].[CH3-].[CH3-].[CH3-].[CH3-].[Ti].[c-]1cc2ccccc2[nH]1. The van der Waals surface area contributed by atoms with Crippen LogP contribution in [0.5, 0.6) is 0 Å². The van der Waals surface area contributed by atoms with Crippen molar-refractivity contribution >= 4 is 35.7 Å². The molecule has 1 aromatic carbocycles. The Kier molecular flexibility index (Phi) is 63.5. The molecule has 0 unspecified atom stereocenters. The van der Waals surface area contributed by atoms with Crippen molar-refractivity contribution in [2.45, 2.75) is 6.42 Å². The summed E-state index contributed by atoms with van der Waals surface area (Å²) in [7, 11) is 0. The van der Waals surface area contributed by atoms with Crippen LogP contribution in [0.4, 0.5) is 0 Å². The van der Waals surface area contributed by atoms with E-state index in [4.69, 9.17) is 0 Å². The Hall–Kier alpha value is -0.466. The number of H-pyrrole nitrogens is 1. The fraction of sp³-hybridized carbons (Fsp3) is 0.0526. The van der Waals surface area contributed by atoms with E-state index in [0.717, 1.165) is 11.9 Å². The van der Waals surface area contributed by atoms with Crippen molar-refractivity contribution in [1.82, 2.24) is 4.98 Å². The normalized spacial score (nSPS) is 7.83. The molecule has 0 radical (unpaired) electrons. The average molecular weight is 392 g/mol. The number of hydrogen-bond acceptors (Lipinski definition) is 0. The van der Waals surface area contributed by atoms with Crippen LogP contribution in [0.1, 0.15) is 6.42 Å². The molecular weight excluding hydrogens is 361 g/mol. The maximum absolute atomic E-state index is 2.99. The number of halogens is 2. The maximum atomic E-state index is 2.99. The second-order valence-corrected chi connectivity index (χ2v) is 3.00. The zero-order valence-electron chi connectivity index (χ0n) is 15.1. The molecule has 138 valence electrons. The van der Waals surface area contributed by atoms with Gasteiger partial charge in [0.2, 0.25) is 0 Å². The maximum Gasteiger partial charge on any atom is 0 e. The predicted octanol–water partition coefficient (Wildman–Crippen LogP) is 6.82. The fourth-order valence-electron chi connectivity index (χ4n) is 1.27. The van der Waals surface area contributed by atoms with Crippen LogP contribution >= 0.6 is 24.8 Å². The van der Waals surface area contributed by atoms with E-state index >= 15 is 0 Å². The van der Waals surface area contributed by atoms with E-state index in [1.54, 1.807) is 0 Å². The fourth-order valence-corrected chi connectivity index (χ4v) is 1.27. The molecule has 0 bridgehead atoms. The Labute approximate surface area is 173 Å². The van der Waals surface area contributed by atoms with Gasteiger partial charge < -0.3 is 49.5 Å². The van der Waals surface area contributed by atoms with E-state index in [0.29, 0.717) is 0 Å². The van der Waals surface area contributed by atoms with Gasteiger partial charge in [-0.3, -0.25) is 6.08 Å². The predicted molar refractivity (Wildman–Crippen MR) is 112 cm³/mol. The zero-order chi connectivity index (χ0) is 9.64. The van der Waals surface area contributed by atoms with Gasteiger partial charge >= 0.3 is 0 Å². The van der Waals surface area contributed by atoms with E-state index in [1.165, 1.54) is 5.39 Å². The van der Waals surface area contributed by atoms with E-state index < -0.39 is 0 Å². The summed E-state index contributed by atoms with van der Waals surface area (Å²) in [5.74, 6) is 0. The Bertz CT molecular complexity index is 425. The van der Waals surface area contributed by atoms with Crippen molar-refractivity contribution in [3.63, 3.8) is 0 Å². The number of para-hydroxylation sites is 1. The molecule has 0 amide bonds. The van der Waals surface area contributed by atoms with Gasteiger partial charge in [0.15, 0.2) is 0 Å². The van der Waals surface area contributed by atoms with Crippen molar-refractivity contribution in [1.29, 1.82) is 0 Å². The number of aromatic amines is 1. The van der Waals surface area contributed by atoms with Gasteiger partial charge in [-0.1, -0.05) is 12.1 Å². The third kappa shape index (κ3) is 17.7. The van der Waals surface area contributed by atoms with E-state index in [-0.39, 0.29) is 91.1 Å². The van der Waals surface area contributed by atoms with Crippen LogP contribution in [0.15, 0.2) is 48.6 Å². The van der Waals surface area contributed by atoms with Crippen LogP contribution in [0.25, 0.3) is 10.9 Å². The Balaban J connectivity index is -0.0000000248. The topological polar surface area (TPSA) is 15.8 Å². The number of nitrogens with one attached hydrogen (secondary N) is 1. The third-order valence-electron chi connectivity index (χ3n) is 1.98. The minimum atomic E-state index is 0. The summed E-state index contributed by atoms with van der Waals surface area (Å²) in [6, 6.07) is 10.1. The largest absolute Gasteiger partial charge is 0.477 e. The summed E-state index contributed by atoms with van der Waals surface area (Å²) >= 11 is 0. The first-order valence-corrected chi connectivity index (χ1v) is 4.62. The van der Waals surface area contributed by atoms with Gasteiger partial charge in [-0.2, -0.15) is 17.5 Å². The van der Waals surface area contributed by atoms with Gasteiger partial charge in [0.1, 0.15) is 0 Å². The number of aromatic nitrogens is 1. The summed E-state index contributed by atoms with van der Waals surface area (Å²) in [6.45, 7) is 0. The molecule has 0 saturated heterocycles. The number of rotatable bonds is 0. The molecule has 23 heavy (non-hydrogen) atoms. The molecule has 0 fully saturated rings. The molecule has 0 spiro atoms. The van der Waals surface area contributed by atoms with E-state index in [1.807, 2.05) is 36.4 Å². The first-order valence-electron chi connectivity index (χ1n) is 4.62. The van der Waals surface area contributed by atoms with Crippen molar-refractivity contribution < 1.29 is 21.7 Å². The number of benzene rings is 1. The Morgan fingerprint density at radius 2 is 1.43 bits per heavy atom. The van der Waals surface area contributed by atoms with E-state index in [2.05, 4.69) is 29.4 Å². The molecule has 0 aliphatic heterocycles. The summed E-state index contributed by atoms with van der Waals surface area (Å²) < 4.78 is 0. The molecule has 1 N–H and O–H groups in total. The molecule has 2 aromatic rings. The van der Waals surface area contributed by atoms with Crippen molar-refractivity contribution in [2.24, 2.45) is 0 Å².